The van der Waals surface area contributed by atoms with Gasteiger partial charge in [0, 0.05) is 4.47 Å². The molecule has 0 bridgehead atoms. The standard InChI is InChI=1S/C10H5BrClNO2S/c11-6-2-1-5(3-7(6)12)9-8(10(14)15)13-4-16-9/h1-4H,(H,14,15). The molecule has 0 fully saturated rings. The average Bonchev–Trinajstić information content (AvgIpc) is 2.71. The second-order valence-corrected chi connectivity index (χ2v) is 5.08. The average molecular weight is 319 g/mol. The molecule has 0 amide bonds. The fraction of sp³-hybridized carbons (Fsp3) is 0. The number of carbonyl (C=O) groups is 1. The van der Waals surface area contributed by atoms with Gasteiger partial charge in [0.05, 0.1) is 15.4 Å². The van der Waals surface area contributed by atoms with Crippen LogP contribution in [0.3, 0.4) is 0 Å². The third kappa shape index (κ3) is 2.11. The fourth-order valence-corrected chi connectivity index (χ4v) is 2.45. The Morgan fingerprint density at radius 3 is 2.88 bits per heavy atom. The smallest absolute Gasteiger partial charge is 0.356 e. The Morgan fingerprint density at radius 1 is 1.50 bits per heavy atom. The van der Waals surface area contributed by atoms with E-state index in [1.54, 1.807) is 18.2 Å². The second-order valence-electron chi connectivity index (χ2n) is 2.96. The van der Waals surface area contributed by atoms with Crippen LogP contribution >= 0.6 is 38.9 Å². The summed E-state index contributed by atoms with van der Waals surface area (Å²) < 4.78 is 0.777. The van der Waals surface area contributed by atoms with Gasteiger partial charge < -0.3 is 5.11 Å². The van der Waals surface area contributed by atoms with E-state index in [1.165, 1.54) is 16.8 Å². The lowest BCUT2D eigenvalue weighted by Crippen LogP contribution is -1.98. The van der Waals surface area contributed by atoms with Crippen LogP contribution in [0.2, 0.25) is 5.02 Å². The van der Waals surface area contributed by atoms with Gasteiger partial charge in [-0.25, -0.2) is 9.78 Å². The Bertz CT molecular complexity index is 556. The van der Waals surface area contributed by atoms with E-state index in [0.29, 0.717) is 9.90 Å². The van der Waals surface area contributed by atoms with Crippen molar-refractivity contribution in [2.24, 2.45) is 0 Å². The summed E-state index contributed by atoms with van der Waals surface area (Å²) in [6, 6.07) is 5.30. The Kier molecular flexibility index (Phi) is 3.28. The molecule has 2 aromatic rings. The van der Waals surface area contributed by atoms with E-state index in [0.717, 1.165) is 10.0 Å². The molecule has 0 saturated heterocycles. The number of thiazole rings is 1. The Balaban J connectivity index is 2.54. The molecule has 0 spiro atoms. The van der Waals surface area contributed by atoms with Crippen LogP contribution in [0.5, 0.6) is 0 Å². The van der Waals surface area contributed by atoms with Crippen molar-refractivity contribution in [1.82, 2.24) is 4.98 Å². The molecule has 0 aliphatic carbocycles. The maximum Gasteiger partial charge on any atom is 0.356 e. The normalized spacial score (nSPS) is 10.4. The number of carboxylic acid groups (broad SMARTS) is 1. The molecule has 3 nitrogen and oxygen atoms in total. The molecule has 16 heavy (non-hydrogen) atoms. The number of nitrogens with zero attached hydrogens (tertiary/aromatic N) is 1. The lowest BCUT2D eigenvalue weighted by atomic mass is 10.1. The number of hydrogen-bond acceptors (Lipinski definition) is 3. The van der Waals surface area contributed by atoms with E-state index < -0.39 is 5.97 Å². The van der Waals surface area contributed by atoms with Crippen LogP contribution in [-0.2, 0) is 0 Å². The Labute approximate surface area is 109 Å². The summed E-state index contributed by atoms with van der Waals surface area (Å²) in [5.41, 5.74) is 2.32. The maximum atomic E-state index is 10.9. The van der Waals surface area contributed by atoms with E-state index in [1.807, 2.05) is 0 Å². The molecule has 0 aliphatic heterocycles. The van der Waals surface area contributed by atoms with Gasteiger partial charge in [-0.05, 0) is 33.6 Å². The maximum absolute atomic E-state index is 10.9. The zero-order valence-corrected chi connectivity index (χ0v) is 10.9. The Hall–Kier alpha value is -0.910. The molecule has 82 valence electrons. The van der Waals surface area contributed by atoms with E-state index >= 15 is 0 Å². The summed E-state index contributed by atoms with van der Waals surface area (Å²) in [5, 5.41) is 9.49. The minimum absolute atomic E-state index is 0.0587. The number of halogens is 2. The minimum atomic E-state index is -1.03. The van der Waals surface area contributed by atoms with Crippen LogP contribution in [0.1, 0.15) is 10.5 Å². The SMILES string of the molecule is O=C(O)c1ncsc1-c1ccc(Br)c(Cl)c1. The van der Waals surface area contributed by atoms with E-state index in [9.17, 15) is 4.79 Å². The van der Waals surface area contributed by atoms with Crippen LogP contribution in [0.25, 0.3) is 10.4 Å². The second kappa shape index (κ2) is 4.53. The third-order valence-corrected chi connectivity index (χ3v) is 4.06. The third-order valence-electron chi connectivity index (χ3n) is 1.95. The first-order chi connectivity index (χ1) is 7.59. The molecule has 0 unspecified atom stereocenters. The van der Waals surface area contributed by atoms with Crippen molar-refractivity contribution in [2.75, 3.05) is 0 Å². The van der Waals surface area contributed by atoms with Crippen LogP contribution in [0, 0.1) is 0 Å². The molecular weight excluding hydrogens is 314 g/mol. The lowest BCUT2D eigenvalue weighted by molar-refractivity contribution is 0.0692. The van der Waals surface area contributed by atoms with Gasteiger partial charge in [-0.1, -0.05) is 17.7 Å². The summed E-state index contributed by atoms with van der Waals surface area (Å²) >= 11 is 10.5. The molecule has 2 rings (SSSR count). The van der Waals surface area contributed by atoms with Gasteiger partial charge in [-0.15, -0.1) is 11.3 Å². The summed E-state index contributed by atoms with van der Waals surface area (Å²) in [6.07, 6.45) is 0. The highest BCUT2D eigenvalue weighted by Crippen LogP contribution is 2.32. The van der Waals surface area contributed by atoms with Gasteiger partial charge in [0.2, 0.25) is 0 Å². The van der Waals surface area contributed by atoms with Gasteiger partial charge in [0.1, 0.15) is 0 Å². The molecule has 1 aromatic heterocycles. The van der Waals surface area contributed by atoms with E-state index in [-0.39, 0.29) is 5.69 Å². The number of carboxylic acids is 1. The predicted molar refractivity (Wildman–Crippen MR) is 67.2 cm³/mol. The van der Waals surface area contributed by atoms with E-state index in [2.05, 4.69) is 20.9 Å². The number of rotatable bonds is 2. The van der Waals surface area contributed by atoms with Gasteiger partial charge in [0.25, 0.3) is 0 Å². The van der Waals surface area contributed by atoms with Crippen molar-refractivity contribution in [1.29, 1.82) is 0 Å². The van der Waals surface area contributed by atoms with Crippen LogP contribution < -0.4 is 0 Å². The van der Waals surface area contributed by atoms with Crippen molar-refractivity contribution in [3.63, 3.8) is 0 Å². The van der Waals surface area contributed by atoms with Crippen LogP contribution in [0.4, 0.5) is 0 Å². The van der Waals surface area contributed by atoms with Gasteiger partial charge in [-0.3, -0.25) is 0 Å². The topological polar surface area (TPSA) is 50.2 Å². The minimum Gasteiger partial charge on any atom is -0.476 e. The zero-order valence-electron chi connectivity index (χ0n) is 7.78. The lowest BCUT2D eigenvalue weighted by Gasteiger charge is -2.01. The number of hydrogen-bond donors (Lipinski definition) is 1. The molecule has 1 heterocycles. The first-order valence-electron chi connectivity index (χ1n) is 4.22. The van der Waals surface area contributed by atoms with Gasteiger partial charge >= 0.3 is 5.97 Å². The quantitative estimate of drug-likeness (QED) is 0.913. The molecule has 0 aliphatic rings. The molecule has 0 radical (unpaired) electrons. The summed E-state index contributed by atoms with van der Waals surface area (Å²) in [7, 11) is 0. The summed E-state index contributed by atoms with van der Waals surface area (Å²) in [4.78, 5) is 15.3. The highest BCUT2D eigenvalue weighted by molar-refractivity contribution is 9.10. The highest BCUT2D eigenvalue weighted by atomic mass is 79.9. The highest BCUT2D eigenvalue weighted by Gasteiger charge is 2.15. The Morgan fingerprint density at radius 2 is 2.25 bits per heavy atom. The monoisotopic (exact) mass is 317 g/mol. The summed E-state index contributed by atoms with van der Waals surface area (Å²) in [6.45, 7) is 0. The number of aromatic carboxylic acids is 1. The van der Waals surface area contributed by atoms with Crippen molar-refractivity contribution < 1.29 is 9.90 Å². The molecule has 6 heteroatoms. The van der Waals surface area contributed by atoms with Crippen molar-refractivity contribution in [3.05, 3.63) is 38.9 Å². The van der Waals surface area contributed by atoms with Crippen molar-refractivity contribution in [3.8, 4) is 10.4 Å². The number of benzene rings is 1. The molecule has 1 N–H and O–H groups in total. The molecule has 1 aromatic carbocycles. The van der Waals surface area contributed by atoms with Crippen LogP contribution in [-0.4, -0.2) is 16.1 Å². The first kappa shape index (κ1) is 11.6. The largest absolute Gasteiger partial charge is 0.476 e. The molecular formula is C10H5BrClNO2S. The first-order valence-corrected chi connectivity index (χ1v) is 6.27. The molecule has 0 atom stereocenters. The van der Waals surface area contributed by atoms with Gasteiger partial charge in [0.15, 0.2) is 5.69 Å². The summed E-state index contributed by atoms with van der Waals surface area (Å²) in [5.74, 6) is -1.03. The van der Waals surface area contributed by atoms with Gasteiger partial charge in [-0.2, -0.15) is 0 Å². The molecule has 0 saturated carbocycles. The fourth-order valence-electron chi connectivity index (χ4n) is 1.24. The zero-order chi connectivity index (χ0) is 11.7. The van der Waals surface area contributed by atoms with Crippen molar-refractivity contribution in [2.45, 2.75) is 0 Å². The number of aromatic nitrogens is 1. The van der Waals surface area contributed by atoms with E-state index in [4.69, 9.17) is 16.7 Å². The van der Waals surface area contributed by atoms with Crippen LogP contribution in [0.15, 0.2) is 28.2 Å². The van der Waals surface area contributed by atoms with Crippen molar-refractivity contribution >= 4 is 44.8 Å². The predicted octanol–water partition coefficient (Wildman–Crippen LogP) is 3.92.